The smallest absolute Gasteiger partial charge is 0.333 e. The van der Waals surface area contributed by atoms with Gasteiger partial charge in [0.1, 0.15) is 5.76 Å². The molecule has 0 aromatic heterocycles. The quantitative estimate of drug-likeness (QED) is 0.148. The summed E-state index contributed by atoms with van der Waals surface area (Å²) in [5, 5.41) is 19.7. The van der Waals surface area contributed by atoms with Gasteiger partial charge in [0.15, 0.2) is 0 Å². The first-order valence-electron chi connectivity index (χ1n) is 10.0. The van der Waals surface area contributed by atoms with Crippen molar-refractivity contribution in [1.82, 2.24) is 0 Å². The van der Waals surface area contributed by atoms with E-state index >= 15 is 0 Å². The van der Waals surface area contributed by atoms with Crippen LogP contribution >= 0.6 is 0 Å². The fourth-order valence-corrected chi connectivity index (χ4v) is 2.60. The molecule has 0 aliphatic carbocycles. The SMILES string of the molecule is C=C(C)C(=O)OCCCC(=C)/C(=C\C)OCCC(CO)(CO)CCC(C)(C)C. The number of carbonyl (C=O) groups excluding carboxylic acids is 1. The predicted octanol–water partition coefficient (Wildman–Crippen LogP) is 4.55. The maximum absolute atomic E-state index is 11.4. The summed E-state index contributed by atoms with van der Waals surface area (Å²) in [6.07, 6.45) is 5.39. The summed E-state index contributed by atoms with van der Waals surface area (Å²) in [7, 11) is 0. The van der Waals surface area contributed by atoms with Crippen molar-refractivity contribution in [2.45, 2.75) is 66.7 Å². The lowest BCUT2D eigenvalue weighted by molar-refractivity contribution is -0.139. The largest absolute Gasteiger partial charge is 0.494 e. The van der Waals surface area contributed by atoms with Crippen LogP contribution in [0.25, 0.3) is 0 Å². The molecule has 0 rings (SSSR count). The van der Waals surface area contributed by atoms with Crippen molar-refractivity contribution in [1.29, 1.82) is 0 Å². The van der Waals surface area contributed by atoms with Crippen LogP contribution < -0.4 is 0 Å². The van der Waals surface area contributed by atoms with Crippen LogP contribution in [-0.4, -0.2) is 42.6 Å². The minimum atomic E-state index is -0.537. The normalized spacial score (nSPS) is 12.6. The first kappa shape index (κ1) is 26.4. The summed E-state index contributed by atoms with van der Waals surface area (Å²) in [5.74, 6) is 0.319. The Morgan fingerprint density at radius 1 is 1.00 bits per heavy atom. The Kier molecular flexibility index (Phi) is 12.1. The molecular formula is C23H40O5. The monoisotopic (exact) mass is 396 g/mol. The molecule has 5 heteroatoms. The second-order valence-electron chi connectivity index (χ2n) is 8.75. The highest BCUT2D eigenvalue weighted by molar-refractivity contribution is 5.86. The number of aliphatic hydroxyl groups is 2. The van der Waals surface area contributed by atoms with Crippen LogP contribution in [0.5, 0.6) is 0 Å². The molecule has 2 N–H and O–H groups in total. The van der Waals surface area contributed by atoms with Crippen LogP contribution in [-0.2, 0) is 14.3 Å². The van der Waals surface area contributed by atoms with Crippen LogP contribution in [0.3, 0.4) is 0 Å². The molecular weight excluding hydrogens is 356 g/mol. The molecule has 0 amide bonds. The molecule has 0 bridgehead atoms. The number of aliphatic hydroxyl groups excluding tert-OH is 2. The minimum Gasteiger partial charge on any atom is -0.494 e. The molecule has 0 spiro atoms. The van der Waals surface area contributed by atoms with Crippen LogP contribution in [0.4, 0.5) is 0 Å². The van der Waals surface area contributed by atoms with E-state index in [-0.39, 0.29) is 24.6 Å². The van der Waals surface area contributed by atoms with Gasteiger partial charge >= 0.3 is 5.97 Å². The molecule has 0 aromatic rings. The van der Waals surface area contributed by atoms with Crippen LogP contribution in [0.2, 0.25) is 0 Å². The standard InChI is InChI=1S/C23H40O5/c1-8-20(19(4)10-9-14-28-21(26)18(2)3)27-15-13-23(16-24,17-25)12-11-22(5,6)7/h8,24-25H,2,4,9-17H2,1,3,5-7H3/b20-8+. The minimum absolute atomic E-state index is 0.0663. The molecule has 0 fully saturated rings. The zero-order valence-electron chi connectivity index (χ0n) is 18.5. The average Bonchev–Trinajstić information content (AvgIpc) is 2.64. The van der Waals surface area contributed by atoms with Crippen molar-refractivity contribution >= 4 is 5.97 Å². The molecule has 0 aliphatic rings. The van der Waals surface area contributed by atoms with Crippen molar-refractivity contribution in [2.24, 2.45) is 10.8 Å². The Morgan fingerprint density at radius 3 is 2.07 bits per heavy atom. The molecule has 0 aromatic carbocycles. The molecule has 5 nitrogen and oxygen atoms in total. The van der Waals surface area contributed by atoms with E-state index in [1.165, 1.54) is 0 Å². The van der Waals surface area contributed by atoms with Gasteiger partial charge in [-0.15, -0.1) is 0 Å². The zero-order valence-corrected chi connectivity index (χ0v) is 18.5. The summed E-state index contributed by atoms with van der Waals surface area (Å²) < 4.78 is 11.0. The van der Waals surface area contributed by atoms with Gasteiger partial charge in [0.2, 0.25) is 0 Å². The highest BCUT2D eigenvalue weighted by Crippen LogP contribution is 2.33. The van der Waals surface area contributed by atoms with Crippen LogP contribution in [0.15, 0.2) is 36.1 Å². The Bertz CT molecular complexity index is 536. The number of rotatable bonds is 14. The first-order valence-corrected chi connectivity index (χ1v) is 10.0. The van der Waals surface area contributed by atoms with E-state index in [0.717, 1.165) is 18.4 Å². The van der Waals surface area contributed by atoms with Gasteiger partial charge in [0.05, 0.1) is 26.4 Å². The maximum atomic E-state index is 11.4. The van der Waals surface area contributed by atoms with E-state index in [4.69, 9.17) is 9.47 Å². The van der Waals surface area contributed by atoms with Crippen molar-refractivity contribution in [2.75, 3.05) is 26.4 Å². The topological polar surface area (TPSA) is 76.0 Å². The Hall–Kier alpha value is -1.59. The van der Waals surface area contributed by atoms with Crippen molar-refractivity contribution in [3.63, 3.8) is 0 Å². The summed E-state index contributed by atoms with van der Waals surface area (Å²) in [4.78, 5) is 11.4. The highest BCUT2D eigenvalue weighted by Gasteiger charge is 2.30. The molecule has 0 radical (unpaired) electrons. The number of ether oxygens (including phenoxy) is 2. The number of esters is 1. The molecule has 0 atom stereocenters. The fraction of sp³-hybridized carbons (Fsp3) is 0.696. The maximum Gasteiger partial charge on any atom is 0.333 e. The number of carbonyl (C=O) groups is 1. The predicted molar refractivity (Wildman–Crippen MR) is 114 cm³/mol. The fourth-order valence-electron chi connectivity index (χ4n) is 2.60. The summed E-state index contributed by atoms with van der Waals surface area (Å²) >= 11 is 0. The van der Waals surface area contributed by atoms with E-state index in [1.54, 1.807) is 6.92 Å². The van der Waals surface area contributed by atoms with E-state index in [1.807, 2.05) is 13.0 Å². The van der Waals surface area contributed by atoms with E-state index in [0.29, 0.717) is 43.8 Å². The first-order chi connectivity index (χ1) is 13.0. The van der Waals surface area contributed by atoms with Gasteiger partial charge in [0, 0.05) is 11.0 Å². The lowest BCUT2D eigenvalue weighted by atomic mass is 9.76. The van der Waals surface area contributed by atoms with Crippen molar-refractivity contribution in [3.05, 3.63) is 36.1 Å². The van der Waals surface area contributed by atoms with Crippen molar-refractivity contribution in [3.8, 4) is 0 Å². The molecule has 28 heavy (non-hydrogen) atoms. The van der Waals surface area contributed by atoms with Gasteiger partial charge in [-0.05, 0) is 63.0 Å². The van der Waals surface area contributed by atoms with E-state index < -0.39 is 5.41 Å². The molecule has 162 valence electrons. The van der Waals surface area contributed by atoms with E-state index in [2.05, 4.69) is 33.9 Å². The molecule has 0 unspecified atom stereocenters. The second-order valence-corrected chi connectivity index (χ2v) is 8.75. The van der Waals surface area contributed by atoms with Gasteiger partial charge in [-0.1, -0.05) is 33.9 Å². The lowest BCUT2D eigenvalue weighted by Crippen LogP contribution is -2.32. The number of hydrogen-bond acceptors (Lipinski definition) is 5. The molecule has 0 aliphatic heterocycles. The molecule has 0 saturated carbocycles. The molecule has 0 heterocycles. The van der Waals surface area contributed by atoms with Gasteiger partial charge in [-0.2, -0.15) is 0 Å². The summed E-state index contributed by atoms with van der Waals surface area (Å²) in [6.45, 7) is 18.1. The van der Waals surface area contributed by atoms with Gasteiger partial charge < -0.3 is 19.7 Å². The van der Waals surface area contributed by atoms with Crippen LogP contribution in [0, 0.1) is 10.8 Å². The Morgan fingerprint density at radius 2 is 1.61 bits per heavy atom. The van der Waals surface area contributed by atoms with Gasteiger partial charge in [-0.3, -0.25) is 0 Å². The third kappa shape index (κ3) is 10.7. The highest BCUT2D eigenvalue weighted by atomic mass is 16.5. The van der Waals surface area contributed by atoms with Gasteiger partial charge in [-0.25, -0.2) is 4.79 Å². The number of allylic oxidation sites excluding steroid dienone is 2. The average molecular weight is 397 g/mol. The Balaban J connectivity index is 4.48. The van der Waals surface area contributed by atoms with Crippen molar-refractivity contribution < 1.29 is 24.5 Å². The van der Waals surface area contributed by atoms with Gasteiger partial charge in [0.25, 0.3) is 0 Å². The zero-order chi connectivity index (χ0) is 21.8. The summed E-state index contributed by atoms with van der Waals surface area (Å²) in [5.41, 5.74) is 0.831. The number of hydrogen-bond donors (Lipinski definition) is 2. The third-order valence-electron chi connectivity index (χ3n) is 4.78. The Labute approximate surface area is 171 Å². The lowest BCUT2D eigenvalue weighted by Gasteiger charge is -2.33. The van der Waals surface area contributed by atoms with Crippen LogP contribution in [0.1, 0.15) is 66.7 Å². The third-order valence-corrected chi connectivity index (χ3v) is 4.78. The second kappa shape index (κ2) is 12.8. The molecule has 0 saturated heterocycles. The van der Waals surface area contributed by atoms with E-state index in [9.17, 15) is 15.0 Å². The summed E-state index contributed by atoms with van der Waals surface area (Å²) in [6, 6.07) is 0.